The van der Waals surface area contributed by atoms with Gasteiger partial charge in [0.15, 0.2) is 11.5 Å². The van der Waals surface area contributed by atoms with Gasteiger partial charge in [0.05, 0.1) is 5.92 Å². The van der Waals surface area contributed by atoms with E-state index in [0.29, 0.717) is 25.9 Å². The fraction of sp³-hybridized carbons (Fsp3) is 0.600. The highest BCUT2D eigenvalue weighted by Gasteiger charge is 2.26. The first-order chi connectivity index (χ1) is 10.4. The van der Waals surface area contributed by atoms with Crippen LogP contribution in [-0.2, 0) is 10.2 Å². The molecule has 0 amide bonds. The van der Waals surface area contributed by atoms with Gasteiger partial charge >= 0.3 is 5.97 Å². The standard InChI is InChI=1S/C15H21N5O2/c1-15(2,3)14-17-16-11-4-5-12(18-20(11)14)19-8-6-10(7-9-19)13(21)22/h4-5,10H,6-9H2,1-3H3,(H,21,22). The van der Waals surface area contributed by atoms with Crippen LogP contribution in [0.4, 0.5) is 5.82 Å². The topological polar surface area (TPSA) is 83.6 Å². The second-order valence-electron chi connectivity index (χ2n) is 6.83. The van der Waals surface area contributed by atoms with Crippen molar-refractivity contribution in [3.05, 3.63) is 18.0 Å². The predicted molar refractivity (Wildman–Crippen MR) is 82.1 cm³/mol. The zero-order chi connectivity index (χ0) is 15.9. The van der Waals surface area contributed by atoms with Crippen LogP contribution < -0.4 is 4.90 Å². The van der Waals surface area contributed by atoms with Crippen molar-refractivity contribution in [1.29, 1.82) is 0 Å². The number of hydrogen-bond donors (Lipinski definition) is 1. The third-order valence-electron chi connectivity index (χ3n) is 4.09. The van der Waals surface area contributed by atoms with E-state index in [1.54, 1.807) is 4.52 Å². The van der Waals surface area contributed by atoms with Crippen LogP contribution in [0.5, 0.6) is 0 Å². The van der Waals surface area contributed by atoms with E-state index >= 15 is 0 Å². The summed E-state index contributed by atoms with van der Waals surface area (Å²) in [7, 11) is 0. The molecule has 0 aromatic carbocycles. The van der Waals surface area contributed by atoms with Crippen molar-refractivity contribution >= 4 is 17.4 Å². The highest BCUT2D eigenvalue weighted by atomic mass is 16.4. The lowest BCUT2D eigenvalue weighted by atomic mass is 9.96. The molecule has 1 aliphatic heterocycles. The van der Waals surface area contributed by atoms with Crippen LogP contribution >= 0.6 is 0 Å². The molecule has 1 N–H and O–H groups in total. The Morgan fingerprint density at radius 1 is 1.23 bits per heavy atom. The molecule has 2 aromatic heterocycles. The van der Waals surface area contributed by atoms with Crippen molar-refractivity contribution < 1.29 is 9.90 Å². The average Bonchev–Trinajstić information content (AvgIpc) is 2.90. The number of anilines is 1. The first kappa shape index (κ1) is 14.7. The Morgan fingerprint density at radius 3 is 2.50 bits per heavy atom. The number of carbonyl (C=O) groups is 1. The number of carboxylic acid groups (broad SMARTS) is 1. The van der Waals surface area contributed by atoms with Crippen LogP contribution in [0.25, 0.3) is 5.65 Å². The summed E-state index contributed by atoms with van der Waals surface area (Å²) < 4.78 is 1.79. The van der Waals surface area contributed by atoms with Gasteiger partial charge in [-0.1, -0.05) is 20.8 Å². The van der Waals surface area contributed by atoms with Gasteiger partial charge in [-0.2, -0.15) is 4.52 Å². The van der Waals surface area contributed by atoms with E-state index in [1.807, 2.05) is 12.1 Å². The maximum Gasteiger partial charge on any atom is 0.306 e. The molecule has 1 saturated heterocycles. The van der Waals surface area contributed by atoms with Crippen LogP contribution in [0.2, 0.25) is 0 Å². The minimum atomic E-state index is -0.697. The Balaban J connectivity index is 1.88. The Labute approximate surface area is 129 Å². The van der Waals surface area contributed by atoms with Gasteiger partial charge in [-0.25, -0.2) is 0 Å². The molecule has 3 heterocycles. The molecule has 7 nitrogen and oxygen atoms in total. The number of hydrogen-bond acceptors (Lipinski definition) is 5. The molecular formula is C15H21N5O2. The molecule has 0 aliphatic carbocycles. The van der Waals surface area contributed by atoms with Gasteiger partial charge in [0, 0.05) is 18.5 Å². The van der Waals surface area contributed by atoms with Gasteiger partial charge in [-0.3, -0.25) is 4.79 Å². The molecule has 0 bridgehead atoms. The van der Waals surface area contributed by atoms with E-state index in [9.17, 15) is 4.79 Å². The Hall–Kier alpha value is -2.18. The van der Waals surface area contributed by atoms with E-state index in [1.165, 1.54) is 0 Å². The summed E-state index contributed by atoms with van der Waals surface area (Å²) in [5.41, 5.74) is 0.593. The van der Waals surface area contributed by atoms with E-state index in [0.717, 1.165) is 17.3 Å². The Kier molecular flexibility index (Phi) is 3.50. The van der Waals surface area contributed by atoms with Crippen LogP contribution in [-0.4, -0.2) is 44.0 Å². The van der Waals surface area contributed by atoms with Gasteiger partial charge in [0.2, 0.25) is 0 Å². The maximum atomic E-state index is 11.0. The number of piperidine rings is 1. The minimum absolute atomic E-state index is 0.138. The quantitative estimate of drug-likeness (QED) is 0.909. The summed E-state index contributed by atoms with van der Waals surface area (Å²) in [6.45, 7) is 7.66. The number of aromatic nitrogens is 4. The van der Waals surface area contributed by atoms with Crippen molar-refractivity contribution in [1.82, 2.24) is 19.8 Å². The lowest BCUT2D eigenvalue weighted by molar-refractivity contribution is -0.142. The zero-order valence-corrected chi connectivity index (χ0v) is 13.2. The number of carboxylic acids is 1. The number of fused-ring (bicyclic) bond motifs is 1. The molecule has 7 heteroatoms. The van der Waals surface area contributed by atoms with E-state index in [4.69, 9.17) is 5.11 Å². The molecule has 0 saturated carbocycles. The first-order valence-electron chi connectivity index (χ1n) is 7.57. The summed E-state index contributed by atoms with van der Waals surface area (Å²) in [4.78, 5) is 13.2. The molecule has 22 heavy (non-hydrogen) atoms. The highest BCUT2D eigenvalue weighted by molar-refractivity contribution is 5.70. The third-order valence-corrected chi connectivity index (χ3v) is 4.09. The molecule has 0 spiro atoms. The summed E-state index contributed by atoms with van der Waals surface area (Å²) in [6, 6.07) is 3.84. The van der Waals surface area contributed by atoms with Crippen molar-refractivity contribution in [2.24, 2.45) is 5.92 Å². The fourth-order valence-corrected chi connectivity index (χ4v) is 2.77. The van der Waals surface area contributed by atoms with Crippen molar-refractivity contribution in [3.63, 3.8) is 0 Å². The van der Waals surface area contributed by atoms with Crippen LogP contribution in [0, 0.1) is 5.92 Å². The molecule has 1 aliphatic rings. The summed E-state index contributed by atoms with van der Waals surface area (Å²) in [6.07, 6.45) is 1.31. The molecule has 2 aromatic rings. The zero-order valence-electron chi connectivity index (χ0n) is 13.2. The van der Waals surface area contributed by atoms with Crippen LogP contribution in [0.1, 0.15) is 39.4 Å². The number of nitrogens with zero attached hydrogens (tertiary/aromatic N) is 5. The third kappa shape index (κ3) is 2.63. The lowest BCUT2D eigenvalue weighted by Gasteiger charge is -2.30. The summed E-state index contributed by atoms with van der Waals surface area (Å²) in [5, 5.41) is 22.1. The molecule has 0 radical (unpaired) electrons. The van der Waals surface area contributed by atoms with Crippen molar-refractivity contribution in [2.45, 2.75) is 39.0 Å². The van der Waals surface area contributed by atoms with Crippen LogP contribution in [0.15, 0.2) is 12.1 Å². The van der Waals surface area contributed by atoms with Crippen molar-refractivity contribution in [2.75, 3.05) is 18.0 Å². The SMILES string of the molecule is CC(C)(C)c1nnc2ccc(N3CCC(C(=O)O)CC3)nn12. The molecule has 118 valence electrons. The highest BCUT2D eigenvalue weighted by Crippen LogP contribution is 2.24. The average molecular weight is 303 g/mol. The predicted octanol–water partition coefficient (Wildman–Crippen LogP) is 1.72. The Bertz CT molecular complexity index is 696. The Morgan fingerprint density at radius 2 is 1.91 bits per heavy atom. The lowest BCUT2D eigenvalue weighted by Crippen LogP contribution is -2.37. The molecule has 1 fully saturated rings. The van der Waals surface area contributed by atoms with E-state index in [2.05, 4.69) is 41.0 Å². The van der Waals surface area contributed by atoms with Gasteiger partial charge in [-0.05, 0) is 25.0 Å². The van der Waals surface area contributed by atoms with Gasteiger partial charge in [0.25, 0.3) is 0 Å². The second kappa shape index (κ2) is 5.23. The van der Waals surface area contributed by atoms with Gasteiger partial charge < -0.3 is 10.0 Å². The minimum Gasteiger partial charge on any atom is -0.481 e. The largest absolute Gasteiger partial charge is 0.481 e. The fourth-order valence-electron chi connectivity index (χ4n) is 2.77. The van der Waals surface area contributed by atoms with Gasteiger partial charge in [0.1, 0.15) is 5.82 Å². The smallest absolute Gasteiger partial charge is 0.306 e. The normalized spacial score (nSPS) is 17.1. The van der Waals surface area contributed by atoms with Crippen molar-refractivity contribution in [3.8, 4) is 0 Å². The number of aliphatic carboxylic acids is 1. The molecular weight excluding hydrogens is 282 g/mol. The maximum absolute atomic E-state index is 11.0. The molecule has 0 atom stereocenters. The summed E-state index contributed by atoms with van der Waals surface area (Å²) in [5.74, 6) is 0.739. The summed E-state index contributed by atoms with van der Waals surface area (Å²) >= 11 is 0. The molecule has 3 rings (SSSR count). The van der Waals surface area contributed by atoms with E-state index < -0.39 is 5.97 Å². The molecule has 0 unspecified atom stereocenters. The van der Waals surface area contributed by atoms with E-state index in [-0.39, 0.29) is 11.3 Å². The monoisotopic (exact) mass is 303 g/mol. The van der Waals surface area contributed by atoms with Crippen LogP contribution in [0.3, 0.4) is 0 Å². The van der Waals surface area contributed by atoms with Gasteiger partial charge in [-0.15, -0.1) is 15.3 Å². The first-order valence-corrected chi connectivity index (χ1v) is 7.57. The second-order valence-corrected chi connectivity index (χ2v) is 6.83. The number of rotatable bonds is 2.